The first-order valence-electron chi connectivity index (χ1n) is 5.98. The smallest absolute Gasteiger partial charge is 0.308 e. The molecule has 0 aromatic rings. The van der Waals surface area contributed by atoms with Crippen molar-refractivity contribution in [1.82, 2.24) is 10.2 Å². The average Bonchev–Trinajstić information content (AvgIpc) is 2.36. The van der Waals surface area contributed by atoms with Gasteiger partial charge in [-0.1, -0.05) is 0 Å². The van der Waals surface area contributed by atoms with Gasteiger partial charge in [-0.3, -0.25) is 9.69 Å². The van der Waals surface area contributed by atoms with Crippen LogP contribution in [-0.4, -0.2) is 75.1 Å². The SMILES string of the molecule is COC(=O)CC(O)CNCCN1CCOCC1. The highest BCUT2D eigenvalue weighted by Crippen LogP contribution is 1.95. The van der Waals surface area contributed by atoms with E-state index >= 15 is 0 Å². The minimum atomic E-state index is -0.674. The summed E-state index contributed by atoms with van der Waals surface area (Å²) in [6.07, 6.45) is -0.631. The zero-order chi connectivity index (χ0) is 12.5. The normalized spacial score (nSPS) is 18.9. The van der Waals surface area contributed by atoms with Gasteiger partial charge in [0.2, 0.25) is 0 Å². The second-order valence-corrected chi connectivity index (χ2v) is 4.09. The Balaban J connectivity index is 1.97. The number of morpholine rings is 1. The predicted molar refractivity (Wildman–Crippen MR) is 62.8 cm³/mol. The molecule has 2 N–H and O–H groups in total. The molecule has 1 rings (SSSR count). The predicted octanol–water partition coefficient (Wildman–Crippen LogP) is -1.17. The summed E-state index contributed by atoms with van der Waals surface area (Å²) in [5.74, 6) is -0.382. The molecule has 6 heteroatoms. The van der Waals surface area contributed by atoms with Crippen molar-refractivity contribution in [3.8, 4) is 0 Å². The van der Waals surface area contributed by atoms with Crippen molar-refractivity contribution in [2.24, 2.45) is 0 Å². The molecule has 0 aliphatic carbocycles. The number of carbonyl (C=O) groups is 1. The Kier molecular flexibility index (Phi) is 7.11. The fraction of sp³-hybridized carbons (Fsp3) is 0.909. The van der Waals surface area contributed by atoms with Gasteiger partial charge in [-0.25, -0.2) is 0 Å². The van der Waals surface area contributed by atoms with Crippen molar-refractivity contribution in [3.63, 3.8) is 0 Å². The van der Waals surface area contributed by atoms with Gasteiger partial charge in [0.05, 0.1) is 32.8 Å². The van der Waals surface area contributed by atoms with Crippen molar-refractivity contribution in [1.29, 1.82) is 0 Å². The van der Waals surface area contributed by atoms with Gasteiger partial charge in [0.15, 0.2) is 0 Å². The molecule has 0 saturated carbocycles. The molecule has 0 aromatic heterocycles. The van der Waals surface area contributed by atoms with Gasteiger partial charge in [0, 0.05) is 32.7 Å². The van der Waals surface area contributed by atoms with E-state index in [-0.39, 0.29) is 12.4 Å². The van der Waals surface area contributed by atoms with E-state index in [1.807, 2.05) is 0 Å². The summed E-state index contributed by atoms with van der Waals surface area (Å²) in [7, 11) is 1.32. The zero-order valence-electron chi connectivity index (χ0n) is 10.4. The molecule has 0 amide bonds. The number of nitrogens with one attached hydrogen (secondary N) is 1. The summed E-state index contributed by atoms with van der Waals surface area (Å²) in [5, 5.41) is 12.6. The van der Waals surface area contributed by atoms with Gasteiger partial charge >= 0.3 is 5.97 Å². The Bertz CT molecular complexity index is 220. The Hall–Kier alpha value is -0.690. The number of carbonyl (C=O) groups excluding carboxylic acids is 1. The second-order valence-electron chi connectivity index (χ2n) is 4.09. The van der Waals surface area contributed by atoms with Crippen LogP contribution in [0.15, 0.2) is 0 Å². The zero-order valence-corrected chi connectivity index (χ0v) is 10.4. The van der Waals surface area contributed by atoms with E-state index in [4.69, 9.17) is 4.74 Å². The quantitative estimate of drug-likeness (QED) is 0.436. The van der Waals surface area contributed by atoms with Crippen LogP contribution in [0, 0.1) is 0 Å². The van der Waals surface area contributed by atoms with Crippen LogP contribution < -0.4 is 5.32 Å². The fourth-order valence-corrected chi connectivity index (χ4v) is 1.68. The first-order chi connectivity index (χ1) is 8.22. The molecule has 1 unspecified atom stereocenters. The first kappa shape index (κ1) is 14.4. The minimum Gasteiger partial charge on any atom is -0.469 e. The van der Waals surface area contributed by atoms with Crippen molar-refractivity contribution in [2.45, 2.75) is 12.5 Å². The monoisotopic (exact) mass is 246 g/mol. The van der Waals surface area contributed by atoms with E-state index in [2.05, 4.69) is 15.0 Å². The molecule has 1 heterocycles. The highest BCUT2D eigenvalue weighted by molar-refractivity contribution is 5.69. The summed E-state index contributed by atoms with van der Waals surface area (Å²) in [6, 6.07) is 0. The van der Waals surface area contributed by atoms with Gasteiger partial charge in [-0.15, -0.1) is 0 Å². The first-order valence-corrected chi connectivity index (χ1v) is 5.98. The topological polar surface area (TPSA) is 71.0 Å². The molecule has 17 heavy (non-hydrogen) atoms. The Morgan fingerprint density at radius 2 is 2.24 bits per heavy atom. The van der Waals surface area contributed by atoms with Crippen LogP contribution >= 0.6 is 0 Å². The van der Waals surface area contributed by atoms with Crippen LogP contribution in [0.3, 0.4) is 0 Å². The minimum absolute atomic E-state index is 0.0427. The summed E-state index contributed by atoms with van der Waals surface area (Å²) in [6.45, 7) is 5.68. The molecule has 1 atom stereocenters. The van der Waals surface area contributed by atoms with E-state index < -0.39 is 6.10 Å². The molecule has 1 aliphatic heterocycles. The van der Waals surface area contributed by atoms with Crippen LogP contribution in [0.2, 0.25) is 0 Å². The van der Waals surface area contributed by atoms with Gasteiger partial charge < -0.3 is 19.9 Å². The van der Waals surface area contributed by atoms with E-state index in [1.165, 1.54) is 7.11 Å². The van der Waals surface area contributed by atoms with Gasteiger partial charge in [-0.2, -0.15) is 0 Å². The molecule has 0 spiro atoms. The third-order valence-corrected chi connectivity index (χ3v) is 2.72. The number of hydrogen-bond acceptors (Lipinski definition) is 6. The number of nitrogens with zero attached hydrogens (tertiary/aromatic N) is 1. The number of methoxy groups -OCH3 is 1. The molecule has 0 radical (unpaired) electrons. The maximum Gasteiger partial charge on any atom is 0.308 e. The van der Waals surface area contributed by atoms with Gasteiger partial charge in [0.25, 0.3) is 0 Å². The van der Waals surface area contributed by atoms with Crippen molar-refractivity contribution >= 4 is 5.97 Å². The number of hydrogen-bond donors (Lipinski definition) is 2. The molecular formula is C11H22N2O4. The number of esters is 1. The Morgan fingerprint density at radius 1 is 1.53 bits per heavy atom. The van der Waals surface area contributed by atoms with Crippen molar-refractivity contribution in [2.75, 3.05) is 53.0 Å². The lowest BCUT2D eigenvalue weighted by molar-refractivity contribution is -0.142. The van der Waals surface area contributed by atoms with Crippen molar-refractivity contribution < 1.29 is 19.4 Å². The van der Waals surface area contributed by atoms with Crippen molar-refractivity contribution in [3.05, 3.63) is 0 Å². The molecule has 1 aliphatic rings. The highest BCUT2D eigenvalue weighted by Gasteiger charge is 2.12. The van der Waals surface area contributed by atoms with Crippen LogP contribution in [0.5, 0.6) is 0 Å². The molecule has 1 fully saturated rings. The van der Waals surface area contributed by atoms with Gasteiger partial charge in [-0.05, 0) is 0 Å². The summed E-state index contributed by atoms with van der Waals surface area (Å²) in [5.41, 5.74) is 0. The van der Waals surface area contributed by atoms with Crippen LogP contribution in [0.1, 0.15) is 6.42 Å². The lowest BCUT2D eigenvalue weighted by Gasteiger charge is -2.26. The second kappa shape index (κ2) is 8.41. The van der Waals surface area contributed by atoms with Crippen LogP contribution in [0.4, 0.5) is 0 Å². The lowest BCUT2D eigenvalue weighted by Crippen LogP contribution is -2.41. The molecule has 1 saturated heterocycles. The largest absolute Gasteiger partial charge is 0.469 e. The fourth-order valence-electron chi connectivity index (χ4n) is 1.68. The van der Waals surface area contributed by atoms with E-state index in [0.29, 0.717) is 6.54 Å². The van der Waals surface area contributed by atoms with E-state index in [1.54, 1.807) is 0 Å². The molecule has 0 aromatic carbocycles. The highest BCUT2D eigenvalue weighted by atomic mass is 16.5. The van der Waals surface area contributed by atoms with Crippen LogP contribution in [-0.2, 0) is 14.3 Å². The number of rotatable bonds is 7. The Labute approximate surface area is 102 Å². The number of aliphatic hydroxyl groups excluding tert-OH is 1. The third-order valence-electron chi connectivity index (χ3n) is 2.72. The summed E-state index contributed by atoms with van der Waals surface area (Å²) in [4.78, 5) is 13.2. The van der Waals surface area contributed by atoms with Gasteiger partial charge in [0.1, 0.15) is 0 Å². The van der Waals surface area contributed by atoms with E-state index in [0.717, 1.165) is 39.4 Å². The summed E-state index contributed by atoms with van der Waals surface area (Å²) < 4.78 is 9.72. The maximum absolute atomic E-state index is 10.9. The molecular weight excluding hydrogens is 224 g/mol. The standard InChI is InChI=1S/C11H22N2O4/c1-16-11(15)8-10(14)9-12-2-3-13-4-6-17-7-5-13/h10,12,14H,2-9H2,1H3. The average molecular weight is 246 g/mol. The molecule has 100 valence electrons. The Morgan fingerprint density at radius 3 is 2.88 bits per heavy atom. The number of ether oxygens (including phenoxy) is 2. The van der Waals surface area contributed by atoms with Crippen LogP contribution in [0.25, 0.3) is 0 Å². The van der Waals surface area contributed by atoms with E-state index in [9.17, 15) is 9.90 Å². The molecule has 0 bridgehead atoms. The molecule has 6 nitrogen and oxygen atoms in total. The number of aliphatic hydroxyl groups is 1. The lowest BCUT2D eigenvalue weighted by atomic mass is 10.2. The maximum atomic E-state index is 10.9. The third kappa shape index (κ3) is 6.58. The summed E-state index contributed by atoms with van der Waals surface area (Å²) >= 11 is 0.